The highest BCUT2D eigenvalue weighted by Gasteiger charge is 2.42. The summed E-state index contributed by atoms with van der Waals surface area (Å²) in [4.78, 5) is 25.2. The monoisotopic (exact) mass is 336 g/mol. The summed E-state index contributed by atoms with van der Waals surface area (Å²) in [6, 6.07) is 6.87. The zero-order chi connectivity index (χ0) is 17.6. The van der Waals surface area contributed by atoms with Crippen LogP contribution in [0.15, 0.2) is 24.3 Å². The molecule has 2 rings (SSSR count). The molecule has 1 heterocycles. The predicted molar refractivity (Wildman–Crippen MR) is 89.4 cm³/mol. The normalized spacial score (nSPS) is 20.0. The van der Waals surface area contributed by atoms with Gasteiger partial charge in [-0.15, -0.1) is 0 Å². The number of ether oxygens (including phenoxy) is 2. The topological polar surface area (TPSA) is 88.1 Å². The third-order valence-electron chi connectivity index (χ3n) is 4.16. The summed E-state index contributed by atoms with van der Waals surface area (Å²) >= 11 is 0. The number of aliphatic carboxylic acids is 1. The van der Waals surface area contributed by atoms with Crippen LogP contribution < -0.4 is 10.1 Å². The molecule has 7 heteroatoms. The fourth-order valence-corrected chi connectivity index (χ4v) is 2.58. The van der Waals surface area contributed by atoms with Gasteiger partial charge in [0.1, 0.15) is 5.75 Å². The first-order valence-corrected chi connectivity index (χ1v) is 7.96. The Bertz CT molecular complexity index is 592. The van der Waals surface area contributed by atoms with E-state index in [2.05, 4.69) is 5.32 Å². The van der Waals surface area contributed by atoms with Gasteiger partial charge >= 0.3 is 12.0 Å². The fraction of sp³-hybridized carbons (Fsp3) is 0.529. The van der Waals surface area contributed by atoms with Crippen LogP contribution in [0.3, 0.4) is 0 Å². The van der Waals surface area contributed by atoms with Crippen molar-refractivity contribution >= 4 is 17.7 Å². The zero-order valence-corrected chi connectivity index (χ0v) is 14.1. The molecule has 24 heavy (non-hydrogen) atoms. The van der Waals surface area contributed by atoms with Gasteiger partial charge in [-0.25, -0.2) is 4.79 Å². The number of rotatable bonds is 7. The maximum atomic E-state index is 12.4. The average molecular weight is 336 g/mol. The number of urea groups is 1. The minimum absolute atomic E-state index is 0.199. The van der Waals surface area contributed by atoms with Gasteiger partial charge in [-0.05, 0) is 25.5 Å². The van der Waals surface area contributed by atoms with E-state index in [0.717, 1.165) is 6.42 Å². The van der Waals surface area contributed by atoms with Crippen LogP contribution in [0.2, 0.25) is 0 Å². The molecule has 7 nitrogen and oxygen atoms in total. The standard InChI is InChI=1S/C17H24N2O5/c1-17(15(20)21)8-9-19(12-17)16(22)18-13-6-3-4-7-14(13)24-11-5-10-23-2/h3-4,6-7H,5,8-12H2,1-2H3,(H,18,22)(H,20,21). The van der Waals surface area contributed by atoms with Crippen molar-refractivity contribution in [1.29, 1.82) is 0 Å². The number of amides is 2. The summed E-state index contributed by atoms with van der Waals surface area (Å²) in [5.74, 6) is -0.290. The number of carboxylic acids is 1. The maximum absolute atomic E-state index is 12.4. The third kappa shape index (κ3) is 4.38. The molecule has 0 spiro atoms. The lowest BCUT2D eigenvalue weighted by Crippen LogP contribution is -2.37. The molecule has 1 aromatic rings. The quantitative estimate of drug-likeness (QED) is 0.747. The Labute approximate surface area is 141 Å². The van der Waals surface area contributed by atoms with E-state index < -0.39 is 11.4 Å². The number of carbonyl (C=O) groups excluding carboxylic acids is 1. The number of nitrogens with one attached hydrogen (secondary N) is 1. The number of methoxy groups -OCH3 is 1. The van der Waals surface area contributed by atoms with Crippen LogP contribution in [0.1, 0.15) is 19.8 Å². The first-order valence-electron chi connectivity index (χ1n) is 7.96. The minimum Gasteiger partial charge on any atom is -0.491 e. The van der Waals surface area contributed by atoms with Gasteiger partial charge in [0.05, 0.1) is 17.7 Å². The number of hydrogen-bond acceptors (Lipinski definition) is 4. The van der Waals surface area contributed by atoms with Crippen LogP contribution >= 0.6 is 0 Å². The first kappa shape index (κ1) is 18.1. The second-order valence-electron chi connectivity index (χ2n) is 6.16. The van der Waals surface area contributed by atoms with Crippen LogP contribution in [0.25, 0.3) is 0 Å². The molecule has 2 N–H and O–H groups in total. The Morgan fingerprint density at radius 3 is 2.75 bits per heavy atom. The Balaban J connectivity index is 1.96. The lowest BCUT2D eigenvalue weighted by Gasteiger charge is -2.21. The van der Waals surface area contributed by atoms with Crippen LogP contribution in [-0.4, -0.2) is 55.4 Å². The second kappa shape index (κ2) is 8.01. The van der Waals surface area contributed by atoms with Gasteiger partial charge in [-0.1, -0.05) is 12.1 Å². The van der Waals surface area contributed by atoms with Gasteiger partial charge in [0.25, 0.3) is 0 Å². The molecule has 0 saturated carbocycles. The van der Waals surface area contributed by atoms with E-state index >= 15 is 0 Å². The molecule has 1 aromatic carbocycles. The van der Waals surface area contributed by atoms with Crippen molar-refractivity contribution < 1.29 is 24.2 Å². The molecule has 1 aliphatic heterocycles. The van der Waals surface area contributed by atoms with Crippen molar-refractivity contribution in [2.24, 2.45) is 5.41 Å². The van der Waals surface area contributed by atoms with Gasteiger partial charge in [0, 0.05) is 33.2 Å². The van der Waals surface area contributed by atoms with Crippen molar-refractivity contribution in [3.8, 4) is 5.75 Å². The van der Waals surface area contributed by atoms with Gasteiger partial charge < -0.3 is 24.8 Å². The summed E-state index contributed by atoms with van der Waals surface area (Å²) in [5.41, 5.74) is -0.308. The summed E-state index contributed by atoms with van der Waals surface area (Å²) < 4.78 is 10.7. The van der Waals surface area contributed by atoms with Gasteiger partial charge in [-0.3, -0.25) is 4.79 Å². The van der Waals surface area contributed by atoms with Gasteiger partial charge in [-0.2, -0.15) is 0 Å². The Hall–Kier alpha value is -2.28. The smallest absolute Gasteiger partial charge is 0.321 e. The Morgan fingerprint density at radius 2 is 2.08 bits per heavy atom. The first-order chi connectivity index (χ1) is 11.5. The number of nitrogens with zero attached hydrogens (tertiary/aromatic N) is 1. The maximum Gasteiger partial charge on any atom is 0.321 e. The summed E-state index contributed by atoms with van der Waals surface area (Å²) in [6.07, 6.45) is 1.20. The lowest BCUT2D eigenvalue weighted by atomic mass is 9.90. The fourth-order valence-electron chi connectivity index (χ4n) is 2.58. The molecule has 1 fully saturated rings. The number of likely N-dealkylation sites (tertiary alicyclic amines) is 1. The lowest BCUT2D eigenvalue weighted by molar-refractivity contribution is -0.146. The average Bonchev–Trinajstić information content (AvgIpc) is 2.97. The summed E-state index contributed by atoms with van der Waals surface area (Å²) in [6.45, 7) is 3.38. The molecule has 0 aromatic heterocycles. The van der Waals surface area contributed by atoms with Crippen molar-refractivity contribution in [3.05, 3.63) is 24.3 Å². The summed E-state index contributed by atoms with van der Waals surface area (Å²) in [5, 5.41) is 12.1. The molecule has 1 atom stereocenters. The van der Waals surface area contributed by atoms with Crippen molar-refractivity contribution in [1.82, 2.24) is 4.90 Å². The van der Waals surface area contributed by atoms with Crippen LogP contribution in [0, 0.1) is 5.41 Å². The second-order valence-corrected chi connectivity index (χ2v) is 6.16. The largest absolute Gasteiger partial charge is 0.491 e. The van der Waals surface area contributed by atoms with Crippen molar-refractivity contribution in [2.45, 2.75) is 19.8 Å². The molecule has 1 aliphatic rings. The number of anilines is 1. The molecule has 2 amide bonds. The molecule has 0 radical (unpaired) electrons. The van der Waals surface area contributed by atoms with E-state index in [1.165, 1.54) is 4.90 Å². The number of carbonyl (C=O) groups is 2. The van der Waals surface area contributed by atoms with Crippen LogP contribution in [-0.2, 0) is 9.53 Å². The number of para-hydroxylation sites is 2. The highest BCUT2D eigenvalue weighted by Crippen LogP contribution is 2.31. The summed E-state index contributed by atoms with van der Waals surface area (Å²) in [7, 11) is 1.63. The zero-order valence-electron chi connectivity index (χ0n) is 14.1. The van der Waals surface area contributed by atoms with Gasteiger partial charge in [0.2, 0.25) is 0 Å². The van der Waals surface area contributed by atoms with E-state index in [9.17, 15) is 14.7 Å². The molecule has 132 valence electrons. The Kier molecular flexibility index (Phi) is 6.03. The highest BCUT2D eigenvalue weighted by molar-refractivity contribution is 5.91. The molecule has 1 saturated heterocycles. The van der Waals surface area contributed by atoms with Crippen LogP contribution in [0.5, 0.6) is 5.75 Å². The molecule has 0 aliphatic carbocycles. The Morgan fingerprint density at radius 1 is 1.33 bits per heavy atom. The van der Waals surface area contributed by atoms with E-state index in [1.807, 2.05) is 12.1 Å². The van der Waals surface area contributed by atoms with E-state index in [-0.39, 0.29) is 12.6 Å². The SMILES string of the molecule is COCCCOc1ccccc1NC(=O)N1CCC(C)(C(=O)O)C1. The van der Waals surface area contributed by atoms with Crippen molar-refractivity contribution in [2.75, 3.05) is 38.7 Å². The minimum atomic E-state index is -0.881. The number of benzene rings is 1. The third-order valence-corrected chi connectivity index (χ3v) is 4.16. The van der Waals surface area contributed by atoms with E-state index in [1.54, 1.807) is 26.2 Å². The van der Waals surface area contributed by atoms with Crippen LogP contribution in [0.4, 0.5) is 10.5 Å². The molecule has 0 bridgehead atoms. The van der Waals surface area contributed by atoms with Gasteiger partial charge in [0.15, 0.2) is 0 Å². The predicted octanol–water partition coefficient (Wildman–Crippen LogP) is 2.43. The number of hydrogen-bond donors (Lipinski definition) is 2. The highest BCUT2D eigenvalue weighted by atomic mass is 16.5. The molecular formula is C17H24N2O5. The van der Waals surface area contributed by atoms with E-state index in [4.69, 9.17) is 9.47 Å². The van der Waals surface area contributed by atoms with E-state index in [0.29, 0.717) is 37.6 Å². The van der Waals surface area contributed by atoms with Crippen molar-refractivity contribution in [3.63, 3.8) is 0 Å². The molecule has 1 unspecified atom stereocenters. The number of carboxylic acid groups (broad SMARTS) is 1. The molecular weight excluding hydrogens is 312 g/mol.